The van der Waals surface area contributed by atoms with E-state index in [0.717, 1.165) is 12.3 Å². The van der Waals surface area contributed by atoms with Crippen LogP contribution in [0.3, 0.4) is 0 Å². The number of ether oxygens (including phenoxy) is 1. The molecule has 0 unspecified atom stereocenters. The Morgan fingerprint density at radius 2 is 2.10 bits per heavy atom. The molecular formula is C13H11F3N2O2S. The van der Waals surface area contributed by atoms with Crippen LogP contribution in [0.25, 0.3) is 10.7 Å². The van der Waals surface area contributed by atoms with Crippen LogP contribution in [0, 0.1) is 0 Å². The predicted molar refractivity (Wildman–Crippen MR) is 71.1 cm³/mol. The summed E-state index contributed by atoms with van der Waals surface area (Å²) in [5.41, 5.74) is -0.355. The molecule has 0 amide bonds. The maximum absolute atomic E-state index is 12.5. The lowest BCUT2D eigenvalue weighted by Crippen LogP contribution is -2.05. The highest BCUT2D eigenvalue weighted by molar-refractivity contribution is 7.15. The van der Waals surface area contributed by atoms with Crippen LogP contribution in [0.2, 0.25) is 0 Å². The summed E-state index contributed by atoms with van der Waals surface area (Å²) in [6, 6.07) is 2.18. The van der Waals surface area contributed by atoms with Crippen molar-refractivity contribution in [2.24, 2.45) is 0 Å². The third kappa shape index (κ3) is 3.21. The van der Waals surface area contributed by atoms with Crippen molar-refractivity contribution in [1.29, 1.82) is 0 Å². The second-order valence-electron chi connectivity index (χ2n) is 4.07. The summed E-state index contributed by atoms with van der Waals surface area (Å²) in [5.74, 6) is -0.568. The van der Waals surface area contributed by atoms with Crippen LogP contribution in [-0.4, -0.2) is 23.0 Å². The first-order valence-corrected chi connectivity index (χ1v) is 6.80. The van der Waals surface area contributed by atoms with Crippen LogP contribution in [0.4, 0.5) is 13.2 Å². The molecule has 0 aliphatic carbocycles. The second kappa shape index (κ2) is 5.80. The Morgan fingerprint density at radius 1 is 1.38 bits per heavy atom. The van der Waals surface area contributed by atoms with Crippen LogP contribution in [0.1, 0.15) is 27.9 Å². The first-order chi connectivity index (χ1) is 9.86. The van der Waals surface area contributed by atoms with E-state index in [4.69, 9.17) is 0 Å². The highest BCUT2D eigenvalue weighted by atomic mass is 32.1. The van der Waals surface area contributed by atoms with Crippen LogP contribution < -0.4 is 0 Å². The number of rotatable bonds is 3. The van der Waals surface area contributed by atoms with Crippen molar-refractivity contribution in [2.75, 3.05) is 7.11 Å². The maximum Gasteiger partial charge on any atom is 0.417 e. The van der Waals surface area contributed by atoms with Gasteiger partial charge in [-0.05, 0) is 18.6 Å². The molecule has 2 aromatic heterocycles. The van der Waals surface area contributed by atoms with E-state index in [1.807, 2.05) is 6.92 Å². The summed E-state index contributed by atoms with van der Waals surface area (Å²) in [4.78, 5) is 20.2. The largest absolute Gasteiger partial charge is 0.464 e. The molecule has 0 spiro atoms. The monoisotopic (exact) mass is 316 g/mol. The molecule has 2 aromatic rings. The van der Waals surface area contributed by atoms with Gasteiger partial charge in [-0.3, -0.25) is 4.98 Å². The van der Waals surface area contributed by atoms with Crippen molar-refractivity contribution in [3.63, 3.8) is 0 Å². The van der Waals surface area contributed by atoms with E-state index in [-0.39, 0.29) is 11.4 Å². The Morgan fingerprint density at radius 3 is 2.57 bits per heavy atom. The number of esters is 1. The van der Waals surface area contributed by atoms with Crippen LogP contribution in [-0.2, 0) is 17.3 Å². The molecule has 4 nitrogen and oxygen atoms in total. The van der Waals surface area contributed by atoms with Crippen molar-refractivity contribution in [3.05, 3.63) is 34.5 Å². The number of hydrogen-bond acceptors (Lipinski definition) is 5. The molecule has 8 heteroatoms. The van der Waals surface area contributed by atoms with E-state index in [1.54, 1.807) is 0 Å². The molecule has 0 aromatic carbocycles. The van der Waals surface area contributed by atoms with Crippen molar-refractivity contribution < 1.29 is 22.7 Å². The Bertz CT molecular complexity index is 650. The lowest BCUT2D eigenvalue weighted by molar-refractivity contribution is -0.137. The molecule has 0 N–H and O–H groups in total. The number of aryl methyl sites for hydroxylation is 1. The quantitative estimate of drug-likeness (QED) is 0.812. The van der Waals surface area contributed by atoms with Gasteiger partial charge < -0.3 is 4.74 Å². The molecule has 2 heterocycles. The van der Waals surface area contributed by atoms with E-state index in [0.29, 0.717) is 16.3 Å². The number of alkyl halides is 3. The zero-order chi connectivity index (χ0) is 15.6. The summed E-state index contributed by atoms with van der Waals surface area (Å²) >= 11 is 1.21. The second-order valence-corrected chi connectivity index (χ2v) is 5.15. The zero-order valence-corrected chi connectivity index (χ0v) is 12.0. The molecule has 0 aliphatic heterocycles. The molecule has 0 aliphatic rings. The van der Waals surface area contributed by atoms with Crippen LogP contribution >= 0.6 is 11.3 Å². The molecule has 0 atom stereocenters. The van der Waals surface area contributed by atoms with Gasteiger partial charge in [-0.1, -0.05) is 6.92 Å². The molecule has 0 saturated carbocycles. The molecule has 112 valence electrons. The average molecular weight is 316 g/mol. The molecule has 2 rings (SSSR count). The van der Waals surface area contributed by atoms with E-state index in [9.17, 15) is 18.0 Å². The Kier molecular flexibility index (Phi) is 4.26. The van der Waals surface area contributed by atoms with E-state index in [2.05, 4.69) is 14.7 Å². The summed E-state index contributed by atoms with van der Waals surface area (Å²) in [5, 5.41) is 0.390. The summed E-state index contributed by atoms with van der Waals surface area (Å²) in [6.07, 6.45) is -3.11. The van der Waals surface area contributed by atoms with Gasteiger partial charge in [-0.2, -0.15) is 13.2 Å². The minimum absolute atomic E-state index is 0.182. The summed E-state index contributed by atoms with van der Waals surface area (Å²) in [6.45, 7) is 1.85. The highest BCUT2D eigenvalue weighted by Crippen LogP contribution is 2.31. The van der Waals surface area contributed by atoms with E-state index >= 15 is 0 Å². The van der Waals surface area contributed by atoms with Gasteiger partial charge >= 0.3 is 12.1 Å². The van der Waals surface area contributed by atoms with Gasteiger partial charge in [-0.25, -0.2) is 9.78 Å². The van der Waals surface area contributed by atoms with Gasteiger partial charge in [0.15, 0.2) is 5.69 Å². The fourth-order valence-corrected chi connectivity index (χ4v) is 2.61. The highest BCUT2D eigenvalue weighted by Gasteiger charge is 2.31. The lowest BCUT2D eigenvalue weighted by Gasteiger charge is -2.05. The van der Waals surface area contributed by atoms with Gasteiger partial charge in [0, 0.05) is 11.1 Å². The number of nitrogens with zero attached hydrogens (tertiary/aromatic N) is 2. The molecule has 0 saturated heterocycles. The van der Waals surface area contributed by atoms with Crippen LogP contribution in [0.15, 0.2) is 18.3 Å². The molecular weight excluding hydrogens is 305 g/mol. The normalized spacial score (nSPS) is 11.5. The van der Waals surface area contributed by atoms with Gasteiger partial charge in [0.1, 0.15) is 5.01 Å². The molecule has 21 heavy (non-hydrogen) atoms. The first-order valence-electron chi connectivity index (χ1n) is 5.98. The van der Waals surface area contributed by atoms with Gasteiger partial charge in [0.25, 0.3) is 0 Å². The van der Waals surface area contributed by atoms with Gasteiger partial charge in [0.2, 0.25) is 0 Å². The smallest absolute Gasteiger partial charge is 0.417 e. The molecule has 0 bridgehead atoms. The average Bonchev–Trinajstić information content (AvgIpc) is 2.90. The van der Waals surface area contributed by atoms with Crippen molar-refractivity contribution in [1.82, 2.24) is 9.97 Å². The summed E-state index contributed by atoms with van der Waals surface area (Å²) in [7, 11) is 1.25. The number of pyridine rings is 1. The first kappa shape index (κ1) is 15.4. The fraction of sp³-hybridized carbons (Fsp3) is 0.308. The van der Waals surface area contributed by atoms with E-state index in [1.165, 1.54) is 24.5 Å². The van der Waals surface area contributed by atoms with Gasteiger partial charge in [-0.15, -0.1) is 11.3 Å². The minimum Gasteiger partial charge on any atom is -0.464 e. The Labute approximate surface area is 122 Å². The number of methoxy groups -OCH3 is 1. The number of halogens is 3. The minimum atomic E-state index is -4.43. The maximum atomic E-state index is 12.5. The number of carbonyl (C=O) groups excluding carboxylic acids is 1. The molecule has 0 radical (unpaired) electrons. The number of aromatic nitrogens is 2. The third-order valence-corrected chi connectivity index (χ3v) is 3.93. The standard InChI is InChI=1S/C13H11F3N2O2S/c1-3-9-10(12(19)20-2)18-11(21-9)8-5-4-7(6-17-8)13(14,15)16/h4-6H,3H2,1-2H3. The molecule has 0 fully saturated rings. The van der Waals surface area contributed by atoms with Crippen molar-refractivity contribution in [3.8, 4) is 10.7 Å². The fourth-order valence-electron chi connectivity index (χ4n) is 1.65. The number of carbonyl (C=O) groups is 1. The van der Waals surface area contributed by atoms with E-state index < -0.39 is 17.7 Å². The SMILES string of the molecule is CCc1sc(-c2ccc(C(F)(F)F)cn2)nc1C(=O)OC. The lowest BCUT2D eigenvalue weighted by atomic mass is 10.2. The number of hydrogen-bond donors (Lipinski definition) is 0. The zero-order valence-electron chi connectivity index (χ0n) is 11.2. The van der Waals surface area contributed by atoms with Crippen LogP contribution in [0.5, 0.6) is 0 Å². The van der Waals surface area contributed by atoms with Crippen molar-refractivity contribution >= 4 is 17.3 Å². The predicted octanol–water partition coefficient (Wildman–Crippen LogP) is 3.57. The van der Waals surface area contributed by atoms with Crippen molar-refractivity contribution in [2.45, 2.75) is 19.5 Å². The third-order valence-electron chi connectivity index (χ3n) is 2.71. The van der Waals surface area contributed by atoms with Gasteiger partial charge in [0.05, 0.1) is 18.4 Å². The Balaban J connectivity index is 2.38. The topological polar surface area (TPSA) is 52.1 Å². The summed E-state index contributed by atoms with van der Waals surface area (Å²) < 4.78 is 42.1. The Hall–Kier alpha value is -1.96. The number of thiazole rings is 1.